The largest absolute Gasteiger partial charge is 0.464 e. The number of H-pyrrole nitrogens is 1. The first-order chi connectivity index (χ1) is 15.0. The number of hydrogen-bond donors (Lipinski definition) is 1. The number of nitrogens with zero attached hydrogens (tertiary/aromatic N) is 3. The fraction of sp³-hybridized carbons (Fsp3) is 0.273. The highest BCUT2D eigenvalue weighted by Crippen LogP contribution is 2.26. The molecule has 1 unspecified atom stereocenters. The van der Waals surface area contributed by atoms with E-state index in [2.05, 4.69) is 22.0 Å². The van der Waals surface area contributed by atoms with Crippen molar-refractivity contribution >= 4 is 27.5 Å². The van der Waals surface area contributed by atoms with Crippen LogP contribution in [0.5, 0.6) is 0 Å². The number of carbonyl (C=O) groups excluding carboxylic acids is 1. The normalized spacial score (nSPS) is 12.2. The number of aromatic amines is 1. The molecule has 1 atom stereocenters. The van der Waals surface area contributed by atoms with Crippen molar-refractivity contribution in [2.75, 3.05) is 13.2 Å². The molecule has 4 rings (SSSR count). The molecule has 0 aliphatic rings. The van der Waals surface area contributed by atoms with Crippen LogP contribution in [-0.4, -0.2) is 38.9 Å². The van der Waals surface area contributed by atoms with Gasteiger partial charge >= 0.3 is 10.8 Å². The molecule has 0 aliphatic heterocycles. The molecule has 0 bridgehead atoms. The molecule has 1 N–H and O–H groups in total. The summed E-state index contributed by atoms with van der Waals surface area (Å²) in [4.78, 5) is 30.1. The quantitative estimate of drug-likeness (QED) is 0.423. The number of pyridine rings is 1. The van der Waals surface area contributed by atoms with Crippen LogP contribution in [0.4, 0.5) is 0 Å². The molecule has 0 fully saturated rings. The summed E-state index contributed by atoms with van der Waals surface area (Å²) in [6.07, 6.45) is 3.57. The van der Waals surface area contributed by atoms with Gasteiger partial charge in [0.2, 0.25) is 0 Å². The summed E-state index contributed by atoms with van der Waals surface area (Å²) in [5, 5.41) is 4.67. The standard InChI is InChI=1S/C22H22N4O4S/c1-3-30-21(27)13-29-12-15-4-7-20(23-11-15)26-9-8-17(25-26)14(2)16-5-6-18-19(10-16)31-22(28)24-18/h4-11,14H,3,12-13H2,1-2H3,(H,24,28). The van der Waals surface area contributed by atoms with Crippen molar-refractivity contribution in [3.63, 3.8) is 0 Å². The first-order valence-electron chi connectivity index (χ1n) is 9.90. The van der Waals surface area contributed by atoms with E-state index in [1.807, 2.05) is 42.6 Å². The summed E-state index contributed by atoms with van der Waals surface area (Å²) < 4.78 is 12.8. The van der Waals surface area contributed by atoms with Gasteiger partial charge < -0.3 is 14.5 Å². The zero-order valence-electron chi connectivity index (χ0n) is 17.2. The average Bonchev–Trinajstić information content (AvgIpc) is 3.39. The molecule has 0 amide bonds. The van der Waals surface area contributed by atoms with Crippen molar-refractivity contribution in [1.82, 2.24) is 19.7 Å². The number of aromatic nitrogens is 4. The van der Waals surface area contributed by atoms with E-state index in [1.165, 1.54) is 11.3 Å². The number of carbonyl (C=O) groups is 1. The molecule has 8 nitrogen and oxygen atoms in total. The summed E-state index contributed by atoms with van der Waals surface area (Å²) in [5.41, 5.74) is 3.71. The zero-order chi connectivity index (χ0) is 21.8. The highest BCUT2D eigenvalue weighted by Gasteiger charge is 2.14. The van der Waals surface area contributed by atoms with Gasteiger partial charge in [0, 0.05) is 18.3 Å². The Hall–Kier alpha value is -3.30. The maximum Gasteiger partial charge on any atom is 0.332 e. The van der Waals surface area contributed by atoms with E-state index >= 15 is 0 Å². The summed E-state index contributed by atoms with van der Waals surface area (Å²) in [7, 11) is 0. The topological polar surface area (TPSA) is 99.1 Å². The molecule has 9 heteroatoms. The molecule has 160 valence electrons. The highest BCUT2D eigenvalue weighted by atomic mass is 32.1. The SMILES string of the molecule is CCOC(=O)COCc1ccc(-n2ccc(C(C)c3ccc4[nH]c(=O)sc4c3)n2)nc1. The van der Waals surface area contributed by atoms with Crippen LogP contribution in [-0.2, 0) is 20.9 Å². The van der Waals surface area contributed by atoms with Gasteiger partial charge in [0.1, 0.15) is 6.61 Å². The van der Waals surface area contributed by atoms with Crippen LogP contribution >= 0.6 is 11.3 Å². The van der Waals surface area contributed by atoms with E-state index in [0.29, 0.717) is 12.4 Å². The summed E-state index contributed by atoms with van der Waals surface area (Å²) in [6, 6.07) is 11.7. The van der Waals surface area contributed by atoms with Gasteiger partial charge in [-0.15, -0.1) is 0 Å². The monoisotopic (exact) mass is 438 g/mol. The fourth-order valence-corrected chi connectivity index (χ4v) is 3.98. The minimum Gasteiger partial charge on any atom is -0.464 e. The Labute approximate surface area is 182 Å². The Morgan fingerprint density at radius 1 is 1.26 bits per heavy atom. The number of ether oxygens (including phenoxy) is 2. The van der Waals surface area contributed by atoms with Gasteiger partial charge in [-0.2, -0.15) is 5.10 Å². The molecule has 0 aliphatic carbocycles. The predicted molar refractivity (Wildman–Crippen MR) is 118 cm³/mol. The Bertz CT molecular complexity index is 1240. The summed E-state index contributed by atoms with van der Waals surface area (Å²) in [6.45, 7) is 4.38. The highest BCUT2D eigenvalue weighted by molar-refractivity contribution is 7.16. The summed E-state index contributed by atoms with van der Waals surface area (Å²) >= 11 is 1.21. The van der Waals surface area contributed by atoms with Gasteiger partial charge in [0.15, 0.2) is 5.82 Å². The minimum atomic E-state index is -0.380. The van der Waals surface area contributed by atoms with Gasteiger partial charge in [-0.05, 0) is 42.3 Å². The predicted octanol–water partition coefficient (Wildman–Crippen LogP) is 3.40. The first-order valence-corrected chi connectivity index (χ1v) is 10.7. The van der Waals surface area contributed by atoms with Gasteiger partial charge in [-0.1, -0.05) is 30.4 Å². The van der Waals surface area contributed by atoms with Crippen molar-refractivity contribution < 1.29 is 14.3 Å². The second kappa shape index (κ2) is 9.23. The molecule has 31 heavy (non-hydrogen) atoms. The third-order valence-corrected chi connectivity index (χ3v) is 5.68. The Kier molecular flexibility index (Phi) is 6.24. The van der Waals surface area contributed by atoms with Gasteiger partial charge in [-0.25, -0.2) is 14.5 Å². The van der Waals surface area contributed by atoms with Crippen LogP contribution in [0.1, 0.15) is 36.6 Å². The van der Waals surface area contributed by atoms with E-state index in [-0.39, 0.29) is 30.0 Å². The average molecular weight is 439 g/mol. The zero-order valence-corrected chi connectivity index (χ0v) is 18.0. The third-order valence-electron chi connectivity index (χ3n) is 4.84. The van der Waals surface area contributed by atoms with Crippen molar-refractivity contribution in [3.8, 4) is 5.82 Å². The second-order valence-electron chi connectivity index (χ2n) is 7.00. The molecule has 0 saturated carbocycles. The Balaban J connectivity index is 1.42. The number of rotatable bonds is 8. The molecule has 3 heterocycles. The molecular weight excluding hydrogens is 416 g/mol. The van der Waals surface area contributed by atoms with Crippen LogP contribution in [0, 0.1) is 0 Å². The Morgan fingerprint density at radius 2 is 2.13 bits per heavy atom. The van der Waals surface area contributed by atoms with Crippen molar-refractivity contribution in [2.45, 2.75) is 26.4 Å². The maximum absolute atomic E-state index is 11.6. The molecule has 1 aromatic carbocycles. The summed E-state index contributed by atoms with van der Waals surface area (Å²) in [5.74, 6) is 0.375. The number of fused-ring (bicyclic) bond motifs is 1. The maximum atomic E-state index is 11.6. The number of thiazole rings is 1. The number of esters is 1. The van der Waals surface area contributed by atoms with E-state index in [0.717, 1.165) is 27.0 Å². The van der Waals surface area contributed by atoms with Gasteiger partial charge in [0.25, 0.3) is 0 Å². The fourth-order valence-electron chi connectivity index (χ4n) is 3.19. The molecule has 0 saturated heterocycles. The Morgan fingerprint density at radius 3 is 2.90 bits per heavy atom. The molecule has 4 aromatic rings. The lowest BCUT2D eigenvalue weighted by Gasteiger charge is -2.09. The van der Waals surface area contributed by atoms with Crippen LogP contribution < -0.4 is 4.87 Å². The number of nitrogens with one attached hydrogen (secondary N) is 1. The minimum absolute atomic E-state index is 0.0510. The van der Waals surface area contributed by atoms with E-state index in [4.69, 9.17) is 9.47 Å². The smallest absolute Gasteiger partial charge is 0.332 e. The van der Waals surface area contributed by atoms with Crippen molar-refractivity contribution in [1.29, 1.82) is 0 Å². The lowest BCUT2D eigenvalue weighted by Crippen LogP contribution is -2.12. The van der Waals surface area contributed by atoms with E-state index < -0.39 is 0 Å². The number of benzene rings is 1. The van der Waals surface area contributed by atoms with E-state index in [1.54, 1.807) is 17.8 Å². The van der Waals surface area contributed by atoms with Crippen molar-refractivity contribution in [2.24, 2.45) is 0 Å². The lowest BCUT2D eigenvalue weighted by molar-refractivity contribution is -0.148. The van der Waals surface area contributed by atoms with Crippen LogP contribution in [0.3, 0.4) is 0 Å². The molecule has 0 spiro atoms. The first kappa shape index (κ1) is 21.0. The molecule has 3 aromatic heterocycles. The second-order valence-corrected chi connectivity index (χ2v) is 8.01. The lowest BCUT2D eigenvalue weighted by atomic mass is 9.98. The van der Waals surface area contributed by atoms with Crippen LogP contribution in [0.15, 0.2) is 53.6 Å². The molecular formula is C22H22N4O4S. The molecule has 0 radical (unpaired) electrons. The van der Waals surface area contributed by atoms with Crippen LogP contribution in [0.25, 0.3) is 16.0 Å². The third kappa shape index (κ3) is 4.89. The van der Waals surface area contributed by atoms with Crippen molar-refractivity contribution in [3.05, 3.63) is 75.3 Å². The van der Waals surface area contributed by atoms with Crippen LogP contribution in [0.2, 0.25) is 0 Å². The number of hydrogen-bond acceptors (Lipinski definition) is 7. The van der Waals surface area contributed by atoms with E-state index in [9.17, 15) is 9.59 Å². The van der Waals surface area contributed by atoms with Gasteiger partial charge in [0.05, 0.1) is 29.1 Å². The van der Waals surface area contributed by atoms with Gasteiger partial charge in [-0.3, -0.25) is 4.79 Å².